The van der Waals surface area contributed by atoms with Gasteiger partial charge in [-0.15, -0.1) is 6.58 Å². The van der Waals surface area contributed by atoms with Gasteiger partial charge in [0, 0.05) is 20.1 Å². The van der Waals surface area contributed by atoms with Gasteiger partial charge in [0.05, 0.1) is 11.6 Å². The number of fused-ring (bicyclic) bond motifs is 1. The first kappa shape index (κ1) is 13.5. The first-order valence-corrected chi connectivity index (χ1v) is 7.00. The van der Waals surface area contributed by atoms with Crippen LogP contribution in [0.4, 0.5) is 5.82 Å². The number of carbonyl (C=O) groups excluding carboxylic acids is 1. The Kier molecular flexibility index (Phi) is 3.55. The fourth-order valence-corrected chi connectivity index (χ4v) is 2.76. The van der Waals surface area contributed by atoms with Crippen molar-refractivity contribution in [1.29, 1.82) is 0 Å². The lowest BCUT2D eigenvalue weighted by Gasteiger charge is -2.25. The van der Waals surface area contributed by atoms with E-state index in [2.05, 4.69) is 27.0 Å². The standard InChI is InChI=1S/C14H18N6O/c1-3-6-15-14(21)11-5-4-7-20(11)13-10-8-18-19(2)12(10)16-9-17-13/h3,8-9,11H,1,4-7H2,2H3,(H,15,21)/t11-/m0/s1. The predicted molar refractivity (Wildman–Crippen MR) is 79.9 cm³/mol. The average molecular weight is 286 g/mol. The van der Waals surface area contributed by atoms with E-state index in [4.69, 9.17) is 0 Å². The molecule has 3 rings (SSSR count). The number of aromatic nitrogens is 4. The quantitative estimate of drug-likeness (QED) is 0.835. The third-order valence-electron chi connectivity index (χ3n) is 3.76. The number of aryl methyl sites for hydroxylation is 1. The maximum Gasteiger partial charge on any atom is 0.243 e. The van der Waals surface area contributed by atoms with Gasteiger partial charge in [-0.25, -0.2) is 9.97 Å². The first-order chi connectivity index (χ1) is 10.2. The van der Waals surface area contributed by atoms with E-state index in [9.17, 15) is 4.79 Å². The summed E-state index contributed by atoms with van der Waals surface area (Å²) in [5, 5.41) is 7.96. The number of rotatable bonds is 4. The normalized spacial score (nSPS) is 18.1. The summed E-state index contributed by atoms with van der Waals surface area (Å²) in [6.07, 6.45) is 6.76. The summed E-state index contributed by atoms with van der Waals surface area (Å²) in [5.74, 6) is 0.799. The Morgan fingerprint density at radius 3 is 3.24 bits per heavy atom. The van der Waals surface area contributed by atoms with E-state index >= 15 is 0 Å². The largest absolute Gasteiger partial charge is 0.351 e. The summed E-state index contributed by atoms with van der Waals surface area (Å²) < 4.78 is 1.71. The van der Waals surface area contributed by atoms with Gasteiger partial charge in [0.2, 0.25) is 5.91 Å². The van der Waals surface area contributed by atoms with Crippen molar-refractivity contribution in [2.45, 2.75) is 18.9 Å². The van der Waals surface area contributed by atoms with Gasteiger partial charge in [-0.05, 0) is 12.8 Å². The zero-order chi connectivity index (χ0) is 14.8. The molecule has 0 spiro atoms. The van der Waals surface area contributed by atoms with Gasteiger partial charge in [0.15, 0.2) is 5.65 Å². The molecule has 0 aromatic carbocycles. The van der Waals surface area contributed by atoms with E-state index in [1.54, 1.807) is 17.0 Å². The van der Waals surface area contributed by atoms with Crippen LogP contribution in [0.25, 0.3) is 11.0 Å². The Balaban J connectivity index is 1.93. The molecule has 3 heterocycles. The topological polar surface area (TPSA) is 75.9 Å². The Morgan fingerprint density at radius 1 is 1.57 bits per heavy atom. The SMILES string of the molecule is C=CCNC(=O)[C@@H]1CCCN1c1ncnc2c1cnn2C. The Labute approximate surface area is 122 Å². The molecule has 1 atom stereocenters. The number of nitrogens with zero attached hydrogens (tertiary/aromatic N) is 5. The van der Waals surface area contributed by atoms with Gasteiger partial charge in [-0.2, -0.15) is 5.10 Å². The molecule has 110 valence electrons. The molecular formula is C14H18N6O. The maximum atomic E-state index is 12.3. The van der Waals surface area contributed by atoms with Crippen LogP contribution >= 0.6 is 0 Å². The summed E-state index contributed by atoms with van der Waals surface area (Å²) in [7, 11) is 1.84. The first-order valence-electron chi connectivity index (χ1n) is 7.00. The molecule has 1 aliphatic heterocycles. The van der Waals surface area contributed by atoms with E-state index < -0.39 is 0 Å². The lowest BCUT2D eigenvalue weighted by atomic mass is 10.2. The van der Waals surface area contributed by atoms with Crippen molar-refractivity contribution >= 4 is 22.8 Å². The molecule has 0 bridgehead atoms. The highest BCUT2D eigenvalue weighted by molar-refractivity contribution is 5.91. The second-order valence-corrected chi connectivity index (χ2v) is 5.09. The number of anilines is 1. The molecule has 0 unspecified atom stereocenters. The highest BCUT2D eigenvalue weighted by atomic mass is 16.2. The number of hydrogen-bond donors (Lipinski definition) is 1. The fourth-order valence-electron chi connectivity index (χ4n) is 2.76. The summed E-state index contributed by atoms with van der Waals surface area (Å²) in [5.41, 5.74) is 0.775. The van der Waals surface area contributed by atoms with Gasteiger partial charge in [-0.3, -0.25) is 9.48 Å². The molecule has 2 aromatic rings. The second kappa shape index (κ2) is 5.51. The Hall–Kier alpha value is -2.44. The lowest BCUT2D eigenvalue weighted by molar-refractivity contribution is -0.121. The van der Waals surface area contributed by atoms with Crippen LogP contribution in [0, 0.1) is 0 Å². The highest BCUT2D eigenvalue weighted by Crippen LogP contribution is 2.29. The zero-order valence-corrected chi connectivity index (χ0v) is 12.0. The summed E-state index contributed by atoms with van der Waals surface area (Å²) >= 11 is 0. The van der Waals surface area contributed by atoms with Crippen LogP contribution in [0.5, 0.6) is 0 Å². The minimum Gasteiger partial charge on any atom is -0.351 e. The van der Waals surface area contributed by atoms with E-state index in [-0.39, 0.29) is 11.9 Å². The molecule has 1 fully saturated rings. The minimum absolute atomic E-state index is 0.0167. The number of carbonyl (C=O) groups is 1. The van der Waals surface area contributed by atoms with Crippen LogP contribution in [-0.2, 0) is 11.8 Å². The third-order valence-corrected chi connectivity index (χ3v) is 3.76. The van der Waals surface area contributed by atoms with E-state index in [1.165, 1.54) is 6.33 Å². The van der Waals surface area contributed by atoms with Crippen LogP contribution < -0.4 is 10.2 Å². The van der Waals surface area contributed by atoms with Crippen LogP contribution in [-0.4, -0.2) is 44.8 Å². The molecule has 1 N–H and O–H groups in total. The minimum atomic E-state index is -0.191. The van der Waals surface area contributed by atoms with Crippen molar-refractivity contribution in [2.75, 3.05) is 18.0 Å². The van der Waals surface area contributed by atoms with Crippen LogP contribution in [0.3, 0.4) is 0 Å². The third kappa shape index (κ3) is 2.35. The molecule has 7 heteroatoms. The molecule has 1 saturated heterocycles. The number of hydrogen-bond acceptors (Lipinski definition) is 5. The molecule has 0 saturated carbocycles. The smallest absolute Gasteiger partial charge is 0.243 e. The van der Waals surface area contributed by atoms with Gasteiger partial charge in [0.1, 0.15) is 18.2 Å². The predicted octanol–water partition coefficient (Wildman–Crippen LogP) is 0.634. The van der Waals surface area contributed by atoms with Crippen molar-refractivity contribution in [3.8, 4) is 0 Å². The molecule has 1 aliphatic rings. The highest BCUT2D eigenvalue weighted by Gasteiger charge is 2.32. The number of nitrogens with one attached hydrogen (secondary N) is 1. The monoisotopic (exact) mass is 286 g/mol. The summed E-state index contributed by atoms with van der Waals surface area (Å²) in [6, 6.07) is -0.191. The van der Waals surface area contributed by atoms with Crippen molar-refractivity contribution in [1.82, 2.24) is 25.1 Å². The zero-order valence-electron chi connectivity index (χ0n) is 12.0. The summed E-state index contributed by atoms with van der Waals surface area (Å²) in [6.45, 7) is 4.91. The van der Waals surface area contributed by atoms with Crippen LogP contribution in [0.1, 0.15) is 12.8 Å². The number of amides is 1. The molecule has 2 aromatic heterocycles. The van der Waals surface area contributed by atoms with Crippen LogP contribution in [0.2, 0.25) is 0 Å². The van der Waals surface area contributed by atoms with E-state index in [0.29, 0.717) is 6.54 Å². The lowest BCUT2D eigenvalue weighted by Crippen LogP contribution is -2.43. The van der Waals surface area contributed by atoms with Crippen LogP contribution in [0.15, 0.2) is 25.2 Å². The Bertz CT molecular complexity index is 679. The Morgan fingerprint density at radius 2 is 2.43 bits per heavy atom. The maximum absolute atomic E-state index is 12.3. The van der Waals surface area contributed by atoms with Crippen molar-refractivity contribution in [2.24, 2.45) is 7.05 Å². The van der Waals surface area contributed by atoms with E-state index in [1.807, 2.05) is 11.9 Å². The summed E-state index contributed by atoms with van der Waals surface area (Å²) in [4.78, 5) is 22.9. The second-order valence-electron chi connectivity index (χ2n) is 5.09. The van der Waals surface area contributed by atoms with Gasteiger partial charge in [-0.1, -0.05) is 6.08 Å². The van der Waals surface area contributed by atoms with Gasteiger partial charge >= 0.3 is 0 Å². The average Bonchev–Trinajstić information content (AvgIpc) is 3.12. The van der Waals surface area contributed by atoms with Crippen molar-refractivity contribution in [3.05, 3.63) is 25.2 Å². The fraction of sp³-hybridized carbons (Fsp3) is 0.429. The van der Waals surface area contributed by atoms with Crippen molar-refractivity contribution < 1.29 is 4.79 Å². The molecule has 21 heavy (non-hydrogen) atoms. The van der Waals surface area contributed by atoms with Crippen molar-refractivity contribution in [3.63, 3.8) is 0 Å². The molecule has 7 nitrogen and oxygen atoms in total. The van der Waals surface area contributed by atoms with Gasteiger partial charge in [0.25, 0.3) is 0 Å². The molecule has 0 radical (unpaired) electrons. The molecule has 1 amide bonds. The van der Waals surface area contributed by atoms with Gasteiger partial charge < -0.3 is 10.2 Å². The molecular weight excluding hydrogens is 268 g/mol. The van der Waals surface area contributed by atoms with E-state index in [0.717, 1.165) is 36.2 Å². The molecule has 0 aliphatic carbocycles.